The zero-order valence-electron chi connectivity index (χ0n) is 9.15. The van der Waals surface area contributed by atoms with Gasteiger partial charge in [0.1, 0.15) is 11.8 Å². The van der Waals surface area contributed by atoms with E-state index in [1.165, 1.54) is 24.3 Å². The Morgan fingerprint density at radius 2 is 2.56 bits per heavy atom. The lowest BCUT2D eigenvalue weighted by Gasteiger charge is -2.22. The minimum atomic E-state index is 0.498. The van der Waals surface area contributed by atoms with Crippen LogP contribution in [0.3, 0.4) is 0 Å². The highest BCUT2D eigenvalue weighted by Gasteiger charge is 2.12. The number of hydrogen-bond acceptors (Lipinski definition) is 4. The second-order valence-corrected chi connectivity index (χ2v) is 5.11. The molecule has 1 unspecified atom stereocenters. The molecule has 2 heterocycles. The van der Waals surface area contributed by atoms with Crippen LogP contribution in [-0.4, -0.2) is 22.5 Å². The maximum absolute atomic E-state index is 8.74. The molecule has 1 aliphatic heterocycles. The summed E-state index contributed by atoms with van der Waals surface area (Å²) < 4.78 is 0. The summed E-state index contributed by atoms with van der Waals surface area (Å²) >= 11 is 2.02. The Kier molecular flexibility index (Phi) is 4.20. The van der Waals surface area contributed by atoms with Gasteiger partial charge in [-0.2, -0.15) is 17.0 Å². The Hall–Kier alpha value is -1.05. The molecule has 4 heteroatoms. The van der Waals surface area contributed by atoms with E-state index in [0.29, 0.717) is 11.7 Å². The first kappa shape index (κ1) is 11.4. The number of aromatic nitrogens is 1. The van der Waals surface area contributed by atoms with Crippen LogP contribution < -0.4 is 5.32 Å². The molecule has 1 aliphatic rings. The van der Waals surface area contributed by atoms with Crippen LogP contribution in [0.2, 0.25) is 0 Å². The first-order valence-electron chi connectivity index (χ1n) is 5.54. The minimum Gasteiger partial charge on any atom is -0.309 e. The summed E-state index contributed by atoms with van der Waals surface area (Å²) in [6.45, 7) is 0.836. The Morgan fingerprint density at radius 3 is 3.31 bits per heavy atom. The molecule has 1 aromatic heterocycles. The maximum Gasteiger partial charge on any atom is 0.140 e. The summed E-state index contributed by atoms with van der Waals surface area (Å²) in [6.07, 6.45) is 4.27. The largest absolute Gasteiger partial charge is 0.309 e. The molecule has 16 heavy (non-hydrogen) atoms. The van der Waals surface area contributed by atoms with Crippen molar-refractivity contribution in [2.24, 2.45) is 0 Å². The molecular weight excluding hydrogens is 218 g/mol. The normalized spacial score (nSPS) is 20.3. The average Bonchev–Trinajstić information content (AvgIpc) is 2.38. The predicted molar refractivity (Wildman–Crippen MR) is 66.1 cm³/mol. The molecule has 0 amide bonds. The number of nitriles is 1. The van der Waals surface area contributed by atoms with E-state index >= 15 is 0 Å². The van der Waals surface area contributed by atoms with Crippen LogP contribution in [0.25, 0.3) is 0 Å². The van der Waals surface area contributed by atoms with Crippen molar-refractivity contribution in [3.8, 4) is 6.07 Å². The Balaban J connectivity index is 1.86. The van der Waals surface area contributed by atoms with Crippen LogP contribution in [-0.2, 0) is 6.54 Å². The molecular formula is C12H15N3S. The summed E-state index contributed by atoms with van der Waals surface area (Å²) in [4.78, 5) is 3.96. The van der Waals surface area contributed by atoms with Gasteiger partial charge in [0.05, 0.1) is 0 Å². The summed E-state index contributed by atoms with van der Waals surface area (Å²) in [7, 11) is 0. The summed E-state index contributed by atoms with van der Waals surface area (Å²) in [5.74, 6) is 2.50. The van der Waals surface area contributed by atoms with Gasteiger partial charge in [0.15, 0.2) is 0 Å². The molecule has 84 valence electrons. The predicted octanol–water partition coefficient (Wildman–Crippen LogP) is 1.94. The van der Waals surface area contributed by atoms with E-state index in [0.717, 1.165) is 12.1 Å². The maximum atomic E-state index is 8.74. The highest BCUT2D eigenvalue weighted by molar-refractivity contribution is 7.99. The van der Waals surface area contributed by atoms with Crippen LogP contribution in [0.15, 0.2) is 18.3 Å². The van der Waals surface area contributed by atoms with E-state index in [9.17, 15) is 0 Å². The van der Waals surface area contributed by atoms with Crippen molar-refractivity contribution in [3.05, 3.63) is 29.6 Å². The first-order chi connectivity index (χ1) is 7.88. The van der Waals surface area contributed by atoms with Gasteiger partial charge >= 0.3 is 0 Å². The van der Waals surface area contributed by atoms with Crippen molar-refractivity contribution in [3.63, 3.8) is 0 Å². The minimum absolute atomic E-state index is 0.498. The molecule has 0 radical (unpaired) electrons. The van der Waals surface area contributed by atoms with Crippen molar-refractivity contribution in [2.75, 3.05) is 11.5 Å². The molecule has 3 nitrogen and oxygen atoms in total. The van der Waals surface area contributed by atoms with E-state index in [1.807, 2.05) is 23.9 Å². The van der Waals surface area contributed by atoms with E-state index in [4.69, 9.17) is 5.26 Å². The number of nitrogens with one attached hydrogen (secondary N) is 1. The number of nitrogens with zero attached hydrogens (tertiary/aromatic N) is 2. The first-order valence-corrected chi connectivity index (χ1v) is 6.70. The average molecular weight is 233 g/mol. The topological polar surface area (TPSA) is 48.7 Å². The van der Waals surface area contributed by atoms with Crippen molar-refractivity contribution in [1.82, 2.24) is 10.3 Å². The van der Waals surface area contributed by atoms with Crippen molar-refractivity contribution < 1.29 is 0 Å². The highest BCUT2D eigenvalue weighted by Crippen LogP contribution is 2.17. The third kappa shape index (κ3) is 3.22. The molecule has 1 saturated heterocycles. The van der Waals surface area contributed by atoms with Crippen LogP contribution in [0, 0.1) is 11.3 Å². The number of pyridine rings is 1. The van der Waals surface area contributed by atoms with Gasteiger partial charge in [0, 0.05) is 24.5 Å². The molecule has 1 aromatic rings. The lowest BCUT2D eigenvalue weighted by molar-refractivity contribution is 0.507. The Bertz CT molecular complexity index is 380. The number of hydrogen-bond donors (Lipinski definition) is 1. The van der Waals surface area contributed by atoms with Gasteiger partial charge in [-0.1, -0.05) is 0 Å². The zero-order chi connectivity index (χ0) is 11.2. The van der Waals surface area contributed by atoms with Crippen LogP contribution in [0.1, 0.15) is 24.1 Å². The van der Waals surface area contributed by atoms with Crippen LogP contribution in [0.5, 0.6) is 0 Å². The smallest absolute Gasteiger partial charge is 0.140 e. The van der Waals surface area contributed by atoms with Crippen LogP contribution in [0.4, 0.5) is 0 Å². The van der Waals surface area contributed by atoms with Crippen LogP contribution >= 0.6 is 11.8 Å². The third-order valence-electron chi connectivity index (χ3n) is 2.69. The molecule has 0 aromatic carbocycles. The second kappa shape index (κ2) is 5.88. The van der Waals surface area contributed by atoms with Gasteiger partial charge in [-0.05, 0) is 36.3 Å². The molecule has 0 aliphatic carbocycles. The van der Waals surface area contributed by atoms with E-state index in [2.05, 4.69) is 16.4 Å². The van der Waals surface area contributed by atoms with Gasteiger partial charge in [-0.3, -0.25) is 0 Å². The molecule has 0 bridgehead atoms. The van der Waals surface area contributed by atoms with E-state index in [-0.39, 0.29) is 0 Å². The van der Waals surface area contributed by atoms with Crippen molar-refractivity contribution in [2.45, 2.75) is 25.4 Å². The van der Waals surface area contributed by atoms with Gasteiger partial charge in [-0.25, -0.2) is 4.98 Å². The fourth-order valence-electron chi connectivity index (χ4n) is 1.81. The third-order valence-corrected chi connectivity index (χ3v) is 3.91. The number of rotatable bonds is 3. The summed E-state index contributed by atoms with van der Waals surface area (Å²) in [5, 5.41) is 12.3. The number of thioether (sulfide) groups is 1. The standard InChI is InChI=1S/C12H15N3S/c13-7-12-6-10(3-4-14-12)8-15-11-2-1-5-16-9-11/h3-4,6,11,15H,1-2,5,8-9H2. The molecule has 2 rings (SSSR count). The monoisotopic (exact) mass is 233 g/mol. The van der Waals surface area contributed by atoms with Gasteiger partial charge in [0.2, 0.25) is 0 Å². The fourth-order valence-corrected chi connectivity index (χ4v) is 2.92. The SMILES string of the molecule is N#Cc1cc(CNC2CCCSC2)ccn1. The Labute approximate surface area is 100 Å². The lowest BCUT2D eigenvalue weighted by atomic mass is 10.1. The molecule has 0 saturated carbocycles. The fraction of sp³-hybridized carbons (Fsp3) is 0.500. The van der Waals surface area contributed by atoms with Crippen molar-refractivity contribution in [1.29, 1.82) is 5.26 Å². The molecule has 1 atom stereocenters. The quantitative estimate of drug-likeness (QED) is 0.866. The van der Waals surface area contributed by atoms with E-state index < -0.39 is 0 Å². The van der Waals surface area contributed by atoms with Gasteiger partial charge < -0.3 is 5.32 Å². The molecule has 1 fully saturated rings. The van der Waals surface area contributed by atoms with E-state index in [1.54, 1.807) is 6.20 Å². The molecule has 0 spiro atoms. The Morgan fingerprint density at radius 1 is 1.62 bits per heavy atom. The van der Waals surface area contributed by atoms with Crippen molar-refractivity contribution >= 4 is 11.8 Å². The lowest BCUT2D eigenvalue weighted by Crippen LogP contribution is -2.33. The highest BCUT2D eigenvalue weighted by atomic mass is 32.2. The summed E-state index contributed by atoms with van der Waals surface area (Å²) in [6, 6.07) is 6.50. The summed E-state index contributed by atoms with van der Waals surface area (Å²) in [5.41, 5.74) is 1.64. The molecule has 1 N–H and O–H groups in total. The van der Waals surface area contributed by atoms with Gasteiger partial charge in [-0.15, -0.1) is 0 Å². The zero-order valence-corrected chi connectivity index (χ0v) is 9.96. The van der Waals surface area contributed by atoms with Gasteiger partial charge in [0.25, 0.3) is 0 Å². The second-order valence-electron chi connectivity index (χ2n) is 3.96.